The van der Waals surface area contributed by atoms with E-state index < -0.39 is 31.8 Å². The van der Waals surface area contributed by atoms with Crippen molar-refractivity contribution in [3.63, 3.8) is 0 Å². The predicted octanol–water partition coefficient (Wildman–Crippen LogP) is 0.692. The Morgan fingerprint density at radius 1 is 1.20 bits per heavy atom. The Kier molecular flexibility index (Phi) is 3.10. The predicted molar refractivity (Wildman–Crippen MR) is 73.6 cm³/mol. The largest absolute Gasteiger partial charge is 0.329 e. The molecule has 1 heterocycles. The molecule has 2 N–H and O–H groups in total. The molecule has 1 aromatic heterocycles. The minimum Gasteiger partial charge on any atom is -0.307 e. The van der Waals surface area contributed by atoms with Crippen LogP contribution in [0.25, 0.3) is 10.9 Å². The Bertz CT molecular complexity index is 900. The number of hydrogen-bond donors (Lipinski definition) is 2. The summed E-state index contributed by atoms with van der Waals surface area (Å²) in [6, 6.07) is 3.85. The number of aromatic amines is 1. The van der Waals surface area contributed by atoms with Crippen LogP contribution < -0.4 is 11.2 Å². The zero-order valence-electron chi connectivity index (χ0n) is 11.2. The number of H-pyrrole nitrogens is 1. The Hall–Kier alpha value is -1.93. The maximum absolute atomic E-state index is 12.4. The first kappa shape index (κ1) is 14.5. The molecule has 0 aliphatic rings. The molecular formula is C12H14N2O5S. The van der Waals surface area contributed by atoms with Gasteiger partial charge in [0.05, 0.1) is 10.9 Å². The highest BCUT2D eigenvalue weighted by Gasteiger charge is 2.23. The summed E-state index contributed by atoms with van der Waals surface area (Å²) in [4.78, 5) is 26.3. The molecular weight excluding hydrogens is 284 g/mol. The molecule has 0 saturated carbocycles. The van der Waals surface area contributed by atoms with Crippen LogP contribution in [0.2, 0.25) is 0 Å². The van der Waals surface area contributed by atoms with Crippen molar-refractivity contribution in [2.75, 3.05) is 0 Å². The minimum atomic E-state index is -4.56. The third-order valence-electron chi connectivity index (χ3n) is 2.84. The van der Waals surface area contributed by atoms with Crippen molar-refractivity contribution in [3.05, 3.63) is 39.0 Å². The first-order valence-electron chi connectivity index (χ1n) is 5.79. The van der Waals surface area contributed by atoms with Gasteiger partial charge in [-0.2, -0.15) is 8.42 Å². The molecule has 0 amide bonds. The molecule has 2 aromatic rings. The topological polar surface area (TPSA) is 109 Å². The van der Waals surface area contributed by atoms with Crippen LogP contribution in [0.3, 0.4) is 0 Å². The zero-order valence-corrected chi connectivity index (χ0v) is 12.0. The van der Waals surface area contributed by atoms with E-state index in [-0.39, 0.29) is 10.9 Å². The van der Waals surface area contributed by atoms with E-state index in [1.165, 1.54) is 12.1 Å². The van der Waals surface area contributed by atoms with Crippen molar-refractivity contribution in [1.82, 2.24) is 9.55 Å². The monoisotopic (exact) mass is 298 g/mol. The first-order chi connectivity index (χ1) is 9.03. The van der Waals surface area contributed by atoms with Gasteiger partial charge in [0.15, 0.2) is 0 Å². The average molecular weight is 298 g/mol. The number of benzene rings is 1. The smallest absolute Gasteiger partial charge is 0.307 e. The van der Waals surface area contributed by atoms with E-state index in [9.17, 15) is 22.6 Å². The van der Waals surface area contributed by atoms with Gasteiger partial charge >= 0.3 is 5.69 Å². The Morgan fingerprint density at radius 2 is 1.80 bits per heavy atom. The Morgan fingerprint density at radius 3 is 2.30 bits per heavy atom. The lowest BCUT2D eigenvalue weighted by Gasteiger charge is -2.21. The van der Waals surface area contributed by atoms with E-state index >= 15 is 0 Å². The van der Waals surface area contributed by atoms with Gasteiger partial charge in [-0.1, -0.05) is 6.07 Å². The van der Waals surface area contributed by atoms with Crippen LogP contribution in [-0.4, -0.2) is 22.5 Å². The van der Waals surface area contributed by atoms with Crippen molar-refractivity contribution < 1.29 is 13.0 Å². The number of nitrogens with zero attached hydrogens (tertiary/aromatic N) is 1. The molecule has 0 aliphatic carbocycles. The molecule has 108 valence electrons. The summed E-state index contributed by atoms with van der Waals surface area (Å²) < 4.78 is 32.8. The van der Waals surface area contributed by atoms with Crippen LogP contribution in [0.1, 0.15) is 20.8 Å². The van der Waals surface area contributed by atoms with Gasteiger partial charge in [0.2, 0.25) is 0 Å². The zero-order chi connectivity index (χ0) is 15.3. The van der Waals surface area contributed by atoms with Gasteiger partial charge < -0.3 is 4.98 Å². The van der Waals surface area contributed by atoms with E-state index in [0.717, 1.165) is 10.6 Å². The lowest BCUT2D eigenvalue weighted by molar-refractivity contribution is 0.369. The van der Waals surface area contributed by atoms with E-state index in [4.69, 9.17) is 0 Å². The minimum absolute atomic E-state index is 0.0654. The lowest BCUT2D eigenvalue weighted by atomic mass is 10.1. The van der Waals surface area contributed by atoms with Crippen molar-refractivity contribution in [1.29, 1.82) is 0 Å². The third-order valence-corrected chi connectivity index (χ3v) is 3.73. The molecule has 0 atom stereocenters. The SMILES string of the molecule is CC(C)(C)n1c(=O)[nH]c2cccc(S(=O)(=O)O)c2c1=O. The van der Waals surface area contributed by atoms with Gasteiger partial charge in [0, 0.05) is 5.54 Å². The molecule has 0 aliphatic heterocycles. The van der Waals surface area contributed by atoms with Crippen LogP contribution in [0.15, 0.2) is 32.7 Å². The second-order valence-electron chi connectivity index (χ2n) is 5.40. The third kappa shape index (κ3) is 2.27. The quantitative estimate of drug-likeness (QED) is 0.753. The van der Waals surface area contributed by atoms with Crippen molar-refractivity contribution in [2.24, 2.45) is 0 Å². The highest BCUT2D eigenvalue weighted by molar-refractivity contribution is 7.86. The van der Waals surface area contributed by atoms with Crippen LogP contribution >= 0.6 is 0 Å². The van der Waals surface area contributed by atoms with Crippen molar-refractivity contribution in [3.8, 4) is 0 Å². The van der Waals surface area contributed by atoms with E-state index in [1.54, 1.807) is 20.8 Å². The highest BCUT2D eigenvalue weighted by atomic mass is 32.2. The van der Waals surface area contributed by atoms with Crippen LogP contribution in [0.5, 0.6) is 0 Å². The molecule has 0 spiro atoms. The molecule has 0 fully saturated rings. The van der Waals surface area contributed by atoms with Crippen LogP contribution in [-0.2, 0) is 15.7 Å². The fraction of sp³-hybridized carbons (Fsp3) is 0.333. The molecule has 2 rings (SSSR count). The number of fused-ring (bicyclic) bond motifs is 1. The van der Waals surface area contributed by atoms with E-state index in [1.807, 2.05) is 0 Å². The fourth-order valence-electron chi connectivity index (χ4n) is 2.06. The normalized spacial score (nSPS) is 12.8. The van der Waals surface area contributed by atoms with Gasteiger partial charge in [-0.25, -0.2) is 4.79 Å². The van der Waals surface area contributed by atoms with E-state index in [0.29, 0.717) is 0 Å². The second kappa shape index (κ2) is 4.29. The number of hydrogen-bond acceptors (Lipinski definition) is 4. The summed E-state index contributed by atoms with van der Waals surface area (Å²) in [6.07, 6.45) is 0. The summed E-state index contributed by atoms with van der Waals surface area (Å²) in [5.41, 5.74) is -2.16. The van der Waals surface area contributed by atoms with Crippen molar-refractivity contribution >= 4 is 21.0 Å². The summed E-state index contributed by atoms with van der Waals surface area (Å²) >= 11 is 0. The number of nitrogens with one attached hydrogen (secondary N) is 1. The summed E-state index contributed by atoms with van der Waals surface area (Å²) in [5, 5.41) is -0.232. The molecule has 0 radical (unpaired) electrons. The second-order valence-corrected chi connectivity index (χ2v) is 6.79. The van der Waals surface area contributed by atoms with Gasteiger partial charge in [0.1, 0.15) is 4.90 Å². The molecule has 0 bridgehead atoms. The Labute approximate surface area is 114 Å². The first-order valence-corrected chi connectivity index (χ1v) is 7.23. The standard InChI is InChI=1S/C12H14N2O5S/c1-12(2,3)14-10(15)9-7(13-11(14)16)5-4-6-8(9)20(17,18)19/h4-6H,1-3H3,(H,13,16)(H,17,18,19). The van der Waals surface area contributed by atoms with Gasteiger partial charge in [-0.15, -0.1) is 0 Å². The maximum atomic E-state index is 12.4. The van der Waals surface area contributed by atoms with Crippen LogP contribution in [0.4, 0.5) is 0 Å². The average Bonchev–Trinajstić information content (AvgIpc) is 2.24. The summed E-state index contributed by atoms with van der Waals surface area (Å²) in [6.45, 7) is 4.93. The molecule has 0 unspecified atom stereocenters. The summed E-state index contributed by atoms with van der Waals surface area (Å²) in [5.74, 6) is 0. The molecule has 20 heavy (non-hydrogen) atoms. The lowest BCUT2D eigenvalue weighted by Crippen LogP contribution is -2.44. The number of rotatable bonds is 1. The van der Waals surface area contributed by atoms with Gasteiger partial charge in [0.25, 0.3) is 15.7 Å². The molecule has 8 heteroatoms. The molecule has 0 saturated heterocycles. The number of aromatic nitrogens is 2. The van der Waals surface area contributed by atoms with E-state index in [2.05, 4.69) is 4.98 Å². The molecule has 1 aromatic carbocycles. The van der Waals surface area contributed by atoms with Crippen LogP contribution in [0, 0.1) is 0 Å². The highest BCUT2D eigenvalue weighted by Crippen LogP contribution is 2.18. The fourth-order valence-corrected chi connectivity index (χ4v) is 2.76. The maximum Gasteiger partial charge on any atom is 0.329 e. The van der Waals surface area contributed by atoms with Gasteiger partial charge in [-0.3, -0.25) is 13.9 Å². The Balaban J connectivity index is 3.13. The van der Waals surface area contributed by atoms with Gasteiger partial charge in [-0.05, 0) is 32.9 Å². The molecule has 7 nitrogen and oxygen atoms in total. The summed E-state index contributed by atoms with van der Waals surface area (Å²) in [7, 11) is -4.56. The van der Waals surface area contributed by atoms with Crippen molar-refractivity contribution in [2.45, 2.75) is 31.2 Å².